The molecule has 2 N–H and O–H groups in total. The molecule has 138 valence electrons. The summed E-state index contributed by atoms with van der Waals surface area (Å²) in [6, 6.07) is 14.6. The zero-order valence-electron chi connectivity index (χ0n) is 15.4. The molecule has 26 heavy (non-hydrogen) atoms. The summed E-state index contributed by atoms with van der Waals surface area (Å²) < 4.78 is 5.89. The van der Waals surface area contributed by atoms with E-state index >= 15 is 0 Å². The van der Waals surface area contributed by atoms with Gasteiger partial charge in [0.15, 0.2) is 0 Å². The summed E-state index contributed by atoms with van der Waals surface area (Å²) in [5.74, 6) is -0.755. The highest BCUT2D eigenvalue weighted by molar-refractivity contribution is 5.67. The number of aryl methyl sites for hydroxylation is 2. The number of benzene rings is 2. The molecule has 0 aliphatic carbocycles. The molecule has 5 nitrogen and oxygen atoms in total. The third kappa shape index (κ3) is 4.62. The van der Waals surface area contributed by atoms with E-state index in [1.54, 1.807) is 0 Å². The van der Waals surface area contributed by atoms with Crippen molar-refractivity contribution in [2.24, 2.45) is 0 Å². The van der Waals surface area contributed by atoms with Gasteiger partial charge in [-0.15, -0.1) is 0 Å². The van der Waals surface area contributed by atoms with Gasteiger partial charge in [0.25, 0.3) is 0 Å². The minimum Gasteiger partial charge on any atom is -0.481 e. The number of nitrogens with zero attached hydrogens (tertiary/aromatic N) is 1. The van der Waals surface area contributed by atoms with Gasteiger partial charge in [-0.1, -0.05) is 30.3 Å². The highest BCUT2D eigenvalue weighted by Crippen LogP contribution is 2.27. The van der Waals surface area contributed by atoms with Crippen LogP contribution in [0.25, 0.3) is 0 Å². The normalized spacial score (nSPS) is 17.8. The van der Waals surface area contributed by atoms with Crippen LogP contribution < -0.4 is 5.32 Å². The minimum atomic E-state index is -0.755. The maximum atomic E-state index is 10.8. The van der Waals surface area contributed by atoms with E-state index < -0.39 is 5.97 Å². The van der Waals surface area contributed by atoms with Crippen LogP contribution in [0.2, 0.25) is 0 Å². The Kier molecular flexibility index (Phi) is 5.91. The molecule has 0 saturated carbocycles. The van der Waals surface area contributed by atoms with E-state index in [0.29, 0.717) is 13.2 Å². The lowest BCUT2D eigenvalue weighted by molar-refractivity contribution is -0.137. The van der Waals surface area contributed by atoms with E-state index in [1.165, 1.54) is 11.1 Å². The maximum Gasteiger partial charge on any atom is 0.304 e. The van der Waals surface area contributed by atoms with Crippen molar-refractivity contribution in [3.8, 4) is 0 Å². The van der Waals surface area contributed by atoms with Crippen LogP contribution >= 0.6 is 0 Å². The van der Waals surface area contributed by atoms with Crippen LogP contribution in [0.1, 0.15) is 29.2 Å². The molecule has 1 aliphatic heterocycles. The predicted molar refractivity (Wildman–Crippen MR) is 103 cm³/mol. The first-order valence-electron chi connectivity index (χ1n) is 9.02. The molecule has 1 saturated heterocycles. The first-order chi connectivity index (χ1) is 12.5. The Labute approximate surface area is 154 Å². The van der Waals surface area contributed by atoms with Crippen LogP contribution in [0.3, 0.4) is 0 Å². The van der Waals surface area contributed by atoms with Crippen molar-refractivity contribution in [2.45, 2.75) is 26.4 Å². The Bertz CT molecular complexity index is 738. The van der Waals surface area contributed by atoms with Crippen molar-refractivity contribution in [1.82, 2.24) is 4.90 Å². The number of rotatable bonds is 6. The molecule has 3 rings (SSSR count). The summed E-state index contributed by atoms with van der Waals surface area (Å²) in [6.07, 6.45) is 0.164. The summed E-state index contributed by atoms with van der Waals surface area (Å²) in [7, 11) is 0. The third-order valence-corrected chi connectivity index (χ3v) is 4.83. The quantitative estimate of drug-likeness (QED) is 0.824. The standard InChI is InChI=1S/C21H26N2O3/c1-15-4-3-5-16(2)21(15)22-18-8-6-17(7-9-18)19-14-23(12-13-26-19)11-10-20(24)25/h3-9,19,22H,10-14H2,1-2H3,(H,24,25). The van der Waals surface area contributed by atoms with E-state index in [4.69, 9.17) is 9.84 Å². The molecule has 1 atom stereocenters. The Hall–Kier alpha value is -2.37. The van der Waals surface area contributed by atoms with Crippen LogP contribution in [0, 0.1) is 13.8 Å². The second-order valence-corrected chi connectivity index (χ2v) is 6.82. The molecule has 0 spiro atoms. The number of para-hydroxylation sites is 1. The second kappa shape index (κ2) is 8.34. The lowest BCUT2D eigenvalue weighted by Crippen LogP contribution is -2.39. The van der Waals surface area contributed by atoms with Crippen LogP contribution in [0.15, 0.2) is 42.5 Å². The second-order valence-electron chi connectivity index (χ2n) is 6.82. The van der Waals surface area contributed by atoms with Gasteiger partial charge < -0.3 is 15.2 Å². The molecule has 1 fully saturated rings. The Morgan fingerprint density at radius 1 is 1.19 bits per heavy atom. The fraction of sp³-hybridized carbons (Fsp3) is 0.381. The van der Waals surface area contributed by atoms with Gasteiger partial charge in [-0.25, -0.2) is 0 Å². The minimum absolute atomic E-state index is 0.00760. The average Bonchev–Trinajstić information content (AvgIpc) is 2.64. The van der Waals surface area contributed by atoms with Gasteiger partial charge in [0.05, 0.1) is 19.1 Å². The Balaban J connectivity index is 1.64. The van der Waals surface area contributed by atoms with Crippen molar-refractivity contribution in [3.63, 3.8) is 0 Å². The third-order valence-electron chi connectivity index (χ3n) is 4.83. The number of nitrogens with one attached hydrogen (secondary N) is 1. The van der Waals surface area contributed by atoms with Gasteiger partial charge in [-0.3, -0.25) is 9.69 Å². The largest absolute Gasteiger partial charge is 0.481 e. The summed E-state index contributed by atoms with van der Waals surface area (Å²) in [6.45, 7) is 6.93. The number of carbonyl (C=O) groups is 1. The molecule has 5 heteroatoms. The zero-order chi connectivity index (χ0) is 18.5. The van der Waals surface area contributed by atoms with Crippen LogP contribution in [-0.2, 0) is 9.53 Å². The van der Waals surface area contributed by atoms with Crippen LogP contribution in [-0.4, -0.2) is 42.2 Å². The average molecular weight is 354 g/mol. The van der Waals surface area contributed by atoms with Crippen LogP contribution in [0.4, 0.5) is 11.4 Å². The summed E-state index contributed by atoms with van der Waals surface area (Å²) in [5, 5.41) is 12.3. The van der Waals surface area contributed by atoms with E-state index in [0.717, 1.165) is 30.0 Å². The molecule has 2 aromatic rings. The lowest BCUT2D eigenvalue weighted by atomic mass is 10.1. The first kappa shape index (κ1) is 18.4. The van der Waals surface area contributed by atoms with Gasteiger partial charge in [0, 0.05) is 31.0 Å². The number of hydrogen-bond acceptors (Lipinski definition) is 4. The first-order valence-corrected chi connectivity index (χ1v) is 9.02. The van der Waals surface area contributed by atoms with Crippen molar-refractivity contribution in [1.29, 1.82) is 0 Å². The van der Waals surface area contributed by atoms with Crippen molar-refractivity contribution in [2.75, 3.05) is 31.6 Å². The van der Waals surface area contributed by atoms with E-state index in [9.17, 15) is 4.79 Å². The van der Waals surface area contributed by atoms with Crippen molar-refractivity contribution < 1.29 is 14.6 Å². The van der Waals surface area contributed by atoms with Gasteiger partial charge in [-0.2, -0.15) is 0 Å². The predicted octanol–water partition coefficient (Wildman–Crippen LogP) is 3.90. The molecule has 1 aliphatic rings. The van der Waals surface area contributed by atoms with E-state index in [-0.39, 0.29) is 12.5 Å². The van der Waals surface area contributed by atoms with Crippen LogP contribution in [0.5, 0.6) is 0 Å². The monoisotopic (exact) mass is 354 g/mol. The number of morpholine rings is 1. The summed E-state index contributed by atoms with van der Waals surface area (Å²) in [4.78, 5) is 12.9. The van der Waals surface area contributed by atoms with Crippen molar-refractivity contribution >= 4 is 17.3 Å². The smallest absolute Gasteiger partial charge is 0.304 e. The summed E-state index contributed by atoms with van der Waals surface area (Å²) in [5.41, 5.74) is 5.76. The van der Waals surface area contributed by atoms with E-state index in [2.05, 4.69) is 66.5 Å². The number of carboxylic acids is 1. The van der Waals surface area contributed by atoms with E-state index in [1.807, 2.05) is 0 Å². The molecule has 0 radical (unpaired) electrons. The fourth-order valence-electron chi connectivity index (χ4n) is 3.30. The molecule has 0 aromatic heterocycles. The molecule has 0 bridgehead atoms. The van der Waals surface area contributed by atoms with Gasteiger partial charge in [0.2, 0.25) is 0 Å². The SMILES string of the molecule is Cc1cccc(C)c1Nc1ccc(C2CN(CCC(=O)O)CCO2)cc1. The van der Waals surface area contributed by atoms with Crippen molar-refractivity contribution in [3.05, 3.63) is 59.2 Å². The Morgan fingerprint density at radius 3 is 2.54 bits per heavy atom. The van der Waals surface area contributed by atoms with Gasteiger partial charge in [0.1, 0.15) is 0 Å². The molecule has 1 unspecified atom stereocenters. The molecular formula is C21H26N2O3. The number of aliphatic carboxylic acids is 1. The topological polar surface area (TPSA) is 61.8 Å². The molecule has 1 heterocycles. The zero-order valence-corrected chi connectivity index (χ0v) is 15.4. The highest BCUT2D eigenvalue weighted by atomic mass is 16.5. The molecule has 2 aromatic carbocycles. The maximum absolute atomic E-state index is 10.8. The summed E-state index contributed by atoms with van der Waals surface area (Å²) >= 11 is 0. The number of anilines is 2. The van der Waals surface area contributed by atoms with Gasteiger partial charge >= 0.3 is 5.97 Å². The lowest BCUT2D eigenvalue weighted by Gasteiger charge is -2.32. The molecule has 0 amide bonds. The number of hydrogen-bond donors (Lipinski definition) is 2. The van der Waals surface area contributed by atoms with Gasteiger partial charge in [-0.05, 0) is 42.7 Å². The molecular weight excluding hydrogens is 328 g/mol. The number of carboxylic acid groups (broad SMARTS) is 1. The fourth-order valence-corrected chi connectivity index (χ4v) is 3.30. The number of ether oxygens (including phenoxy) is 1. The highest BCUT2D eigenvalue weighted by Gasteiger charge is 2.22. The Morgan fingerprint density at radius 2 is 1.88 bits per heavy atom.